The lowest BCUT2D eigenvalue weighted by atomic mass is 10.1. The lowest BCUT2D eigenvalue weighted by molar-refractivity contribution is -0.151. The zero-order valence-electron chi connectivity index (χ0n) is 25.6. The van der Waals surface area contributed by atoms with E-state index in [2.05, 4.69) is 25.3 Å². The average Bonchev–Trinajstić information content (AvgIpc) is 3.75. The number of pyridine rings is 1. The Morgan fingerprint density at radius 1 is 0.978 bits per heavy atom. The van der Waals surface area contributed by atoms with Crippen molar-refractivity contribution in [2.75, 3.05) is 62.7 Å². The van der Waals surface area contributed by atoms with Gasteiger partial charge in [-0.1, -0.05) is 0 Å². The molecule has 2 amide bonds. The van der Waals surface area contributed by atoms with Gasteiger partial charge < -0.3 is 24.8 Å². The zero-order chi connectivity index (χ0) is 31.8. The largest absolute Gasteiger partial charge is 0.389 e. The highest BCUT2D eigenvalue weighted by molar-refractivity contribution is 5.79. The molecule has 2 bridgehead atoms. The summed E-state index contributed by atoms with van der Waals surface area (Å²) in [6.45, 7) is 5.99. The van der Waals surface area contributed by atoms with Gasteiger partial charge in [0.1, 0.15) is 6.54 Å². The summed E-state index contributed by atoms with van der Waals surface area (Å²) in [6.07, 6.45) is 2.88. The quantitative estimate of drug-likeness (QED) is 0.395. The second kappa shape index (κ2) is 12.7. The number of alkyl halides is 3. The number of nitrogens with zero attached hydrogens (tertiary/aromatic N) is 9. The van der Waals surface area contributed by atoms with E-state index >= 15 is 0 Å². The van der Waals surface area contributed by atoms with E-state index in [1.54, 1.807) is 32.7 Å². The van der Waals surface area contributed by atoms with Gasteiger partial charge in [-0.25, -0.2) is 4.52 Å². The van der Waals surface area contributed by atoms with Crippen molar-refractivity contribution in [3.8, 4) is 0 Å². The molecule has 1 N–H and O–H groups in total. The Morgan fingerprint density at radius 2 is 1.72 bits per heavy atom. The SMILES string of the molecule is O=C(Cn1cc(Nc2nc3c(N4CC5CCC(C4)N5C(=O)CCC(F)(F)F)cccn3n2)cn1)N1CCN(C2CCOCC2)CC1. The molecule has 0 radical (unpaired) electrons. The van der Waals surface area contributed by atoms with E-state index in [1.165, 1.54) is 0 Å². The van der Waals surface area contributed by atoms with Crippen LogP contribution in [0.5, 0.6) is 0 Å². The topological polar surface area (TPSA) is 116 Å². The third-order valence-electron chi connectivity index (χ3n) is 9.64. The number of anilines is 3. The van der Waals surface area contributed by atoms with Gasteiger partial charge in [-0.15, -0.1) is 5.10 Å². The van der Waals surface area contributed by atoms with Crippen molar-refractivity contribution in [2.24, 2.45) is 0 Å². The molecule has 2 atom stereocenters. The van der Waals surface area contributed by atoms with Gasteiger partial charge in [-0.3, -0.25) is 19.2 Å². The zero-order valence-corrected chi connectivity index (χ0v) is 25.6. The summed E-state index contributed by atoms with van der Waals surface area (Å²) in [5.41, 5.74) is 2.13. The molecule has 7 heterocycles. The summed E-state index contributed by atoms with van der Waals surface area (Å²) in [7, 11) is 0. The van der Waals surface area contributed by atoms with Crippen LogP contribution < -0.4 is 10.2 Å². The van der Waals surface area contributed by atoms with Crippen molar-refractivity contribution in [1.82, 2.24) is 39.1 Å². The van der Waals surface area contributed by atoms with Gasteiger partial charge in [0, 0.05) is 89.4 Å². The molecule has 3 aromatic heterocycles. The minimum absolute atomic E-state index is 0.0351. The average molecular weight is 645 g/mol. The number of ether oxygens (including phenoxy) is 1. The van der Waals surface area contributed by atoms with Crippen LogP contribution in [0.15, 0.2) is 30.7 Å². The van der Waals surface area contributed by atoms with Crippen LogP contribution in [0.1, 0.15) is 38.5 Å². The minimum atomic E-state index is -4.34. The fourth-order valence-corrected chi connectivity index (χ4v) is 7.35. The van der Waals surface area contributed by atoms with E-state index in [1.807, 2.05) is 17.0 Å². The van der Waals surface area contributed by atoms with Crippen LogP contribution in [-0.2, 0) is 20.9 Å². The van der Waals surface area contributed by atoms with Crippen LogP contribution in [0, 0.1) is 0 Å². The number of amides is 2. The molecule has 4 aliphatic heterocycles. The van der Waals surface area contributed by atoms with Gasteiger partial charge in [0.2, 0.25) is 17.8 Å². The number of nitrogens with one attached hydrogen (secondary N) is 1. The first-order chi connectivity index (χ1) is 22.2. The molecule has 3 aromatic rings. The molecule has 16 heteroatoms. The number of halogens is 3. The predicted octanol–water partition coefficient (Wildman–Crippen LogP) is 2.51. The molecule has 7 rings (SSSR count). The summed E-state index contributed by atoms with van der Waals surface area (Å²) >= 11 is 0. The normalized spacial score (nSPS) is 23.0. The summed E-state index contributed by atoms with van der Waals surface area (Å²) in [5.74, 6) is -0.0218. The number of aromatic nitrogens is 5. The second-order valence-electron chi connectivity index (χ2n) is 12.6. The Bertz CT molecular complexity index is 1530. The van der Waals surface area contributed by atoms with Crippen LogP contribution in [0.3, 0.4) is 0 Å². The molecule has 0 spiro atoms. The van der Waals surface area contributed by atoms with Gasteiger partial charge in [0.15, 0.2) is 5.65 Å². The molecular weight excluding hydrogens is 605 g/mol. The fraction of sp³-hybridized carbons (Fsp3) is 0.633. The van der Waals surface area contributed by atoms with Crippen molar-refractivity contribution >= 4 is 34.8 Å². The van der Waals surface area contributed by atoms with Crippen LogP contribution in [0.4, 0.5) is 30.5 Å². The van der Waals surface area contributed by atoms with Crippen LogP contribution in [-0.4, -0.2) is 128 Å². The van der Waals surface area contributed by atoms with Gasteiger partial charge in [0.05, 0.1) is 24.0 Å². The second-order valence-corrected chi connectivity index (χ2v) is 12.6. The molecular formula is C30H39F3N10O3. The van der Waals surface area contributed by atoms with E-state index in [0.29, 0.717) is 49.5 Å². The minimum Gasteiger partial charge on any atom is -0.381 e. The number of rotatable bonds is 8. The van der Waals surface area contributed by atoms with Crippen LogP contribution >= 0.6 is 0 Å². The fourth-order valence-electron chi connectivity index (χ4n) is 7.35. The third-order valence-corrected chi connectivity index (χ3v) is 9.64. The number of piperazine rings is 2. The Hall–Kier alpha value is -3.92. The molecule has 0 aromatic carbocycles. The smallest absolute Gasteiger partial charge is 0.381 e. The van der Waals surface area contributed by atoms with Gasteiger partial charge in [0.25, 0.3) is 0 Å². The van der Waals surface area contributed by atoms with Crippen molar-refractivity contribution in [3.63, 3.8) is 0 Å². The lowest BCUT2D eigenvalue weighted by Gasteiger charge is -2.42. The predicted molar refractivity (Wildman–Crippen MR) is 162 cm³/mol. The summed E-state index contributed by atoms with van der Waals surface area (Å²) in [4.78, 5) is 38.6. The lowest BCUT2D eigenvalue weighted by Crippen LogP contribution is -2.56. The molecule has 248 valence electrons. The monoisotopic (exact) mass is 644 g/mol. The van der Waals surface area contributed by atoms with Crippen molar-refractivity contribution in [3.05, 3.63) is 30.7 Å². The first-order valence-electron chi connectivity index (χ1n) is 16.1. The van der Waals surface area contributed by atoms with E-state index in [0.717, 1.165) is 57.7 Å². The highest BCUT2D eigenvalue weighted by Gasteiger charge is 2.43. The maximum Gasteiger partial charge on any atom is 0.389 e. The maximum atomic E-state index is 13.0. The van der Waals surface area contributed by atoms with Gasteiger partial charge >= 0.3 is 6.18 Å². The van der Waals surface area contributed by atoms with Gasteiger partial charge in [-0.2, -0.15) is 23.3 Å². The molecule has 2 unspecified atom stereocenters. The van der Waals surface area contributed by atoms with Crippen molar-refractivity contribution in [1.29, 1.82) is 0 Å². The van der Waals surface area contributed by atoms with E-state index in [4.69, 9.17) is 9.72 Å². The standard InChI is InChI=1S/C30H39F3N10O3/c31-30(32,33)8-5-26(44)43-23-3-4-24(43)19-40(18-23)25-2-1-9-42-28(25)36-29(37-42)35-21-16-34-41(17-21)20-27(45)39-12-10-38(11-13-39)22-6-14-46-15-7-22/h1-2,9,16-17,22-24H,3-8,10-15,18-20H2,(H,35,37). The summed E-state index contributed by atoms with van der Waals surface area (Å²) in [6, 6.07) is 4.10. The first kappa shape index (κ1) is 30.7. The Morgan fingerprint density at radius 3 is 2.43 bits per heavy atom. The van der Waals surface area contributed by atoms with E-state index in [9.17, 15) is 22.8 Å². The Labute approximate surface area is 264 Å². The van der Waals surface area contributed by atoms with Crippen molar-refractivity contribution < 1.29 is 27.5 Å². The molecule has 0 saturated carbocycles. The number of carbonyl (C=O) groups is 2. The van der Waals surface area contributed by atoms with Crippen LogP contribution in [0.2, 0.25) is 0 Å². The summed E-state index contributed by atoms with van der Waals surface area (Å²) in [5, 5.41) is 12.1. The van der Waals surface area contributed by atoms with Gasteiger partial charge in [-0.05, 0) is 37.8 Å². The van der Waals surface area contributed by atoms with E-state index < -0.39 is 24.9 Å². The van der Waals surface area contributed by atoms with Crippen LogP contribution in [0.25, 0.3) is 5.65 Å². The van der Waals surface area contributed by atoms with E-state index in [-0.39, 0.29) is 24.5 Å². The molecule has 0 aliphatic carbocycles. The number of hydrogen-bond acceptors (Lipinski definition) is 9. The molecule has 4 fully saturated rings. The number of fused-ring (bicyclic) bond motifs is 3. The Balaban J connectivity index is 0.954. The molecule has 46 heavy (non-hydrogen) atoms. The molecule has 4 aliphatic rings. The molecule has 13 nitrogen and oxygen atoms in total. The third kappa shape index (κ3) is 6.63. The number of hydrogen-bond donors (Lipinski definition) is 1. The van der Waals surface area contributed by atoms with Crippen molar-refractivity contribution in [2.45, 2.75) is 69.4 Å². The number of carbonyl (C=O) groups excluding carboxylic acids is 2. The highest BCUT2D eigenvalue weighted by Crippen LogP contribution is 2.35. The first-order valence-corrected chi connectivity index (χ1v) is 16.1. The Kier molecular flexibility index (Phi) is 8.48. The summed E-state index contributed by atoms with van der Waals surface area (Å²) < 4.78 is 46.9. The maximum absolute atomic E-state index is 13.0. The highest BCUT2D eigenvalue weighted by atomic mass is 19.4. The molecule has 4 saturated heterocycles.